The van der Waals surface area contributed by atoms with Crippen LogP contribution in [0.1, 0.15) is 0 Å². The number of nitrogens with zero attached hydrogens (tertiary/aromatic N) is 2. The van der Waals surface area contributed by atoms with Crippen molar-refractivity contribution in [2.75, 3.05) is 0 Å². The maximum absolute atomic E-state index is 5.86. The van der Waals surface area contributed by atoms with Gasteiger partial charge in [-0.15, -0.1) is 0 Å². The number of hydrogen-bond acceptors (Lipinski definition) is 2. The van der Waals surface area contributed by atoms with Crippen molar-refractivity contribution in [2.45, 2.75) is 0 Å². The Balaban J connectivity index is 2.55. The summed E-state index contributed by atoms with van der Waals surface area (Å²) in [5, 5.41) is 2.57. The third kappa shape index (κ3) is 1.41. The summed E-state index contributed by atoms with van der Waals surface area (Å²) < 4.78 is 0.948. The molecule has 0 aromatic carbocycles. The summed E-state index contributed by atoms with van der Waals surface area (Å²) in [5.74, 6) is 0. The van der Waals surface area contributed by atoms with Crippen LogP contribution in [0.15, 0.2) is 29.0 Å². The number of nitrogens with one attached hydrogen (secondary N) is 1. The van der Waals surface area contributed by atoms with E-state index in [0.29, 0.717) is 5.15 Å². The summed E-state index contributed by atoms with van der Waals surface area (Å²) in [6, 6.07) is 3.85. The van der Waals surface area contributed by atoms with Gasteiger partial charge in [0, 0.05) is 21.4 Å². The topological polar surface area (TPSA) is 41.6 Å². The lowest BCUT2D eigenvalue weighted by Gasteiger charge is -1.92. The number of H-pyrrole nitrogens is 1. The average molecular weight is 283 g/mol. The molecular weight excluding hydrogens is 277 g/mol. The van der Waals surface area contributed by atoms with Gasteiger partial charge >= 0.3 is 0 Å². The van der Waals surface area contributed by atoms with Crippen molar-refractivity contribution in [3.05, 3.63) is 34.2 Å². The Labute approximate surface area is 98.6 Å². The van der Waals surface area contributed by atoms with Crippen molar-refractivity contribution in [2.24, 2.45) is 0 Å². The van der Waals surface area contributed by atoms with Crippen LogP contribution in [-0.2, 0) is 0 Å². The molecule has 0 unspecified atom stereocenters. The molecule has 3 nitrogen and oxygen atoms in total. The lowest BCUT2D eigenvalue weighted by atomic mass is 10.2. The highest BCUT2D eigenvalue weighted by atomic mass is 79.9. The molecule has 0 radical (unpaired) electrons. The third-order valence-corrected chi connectivity index (χ3v) is 2.91. The molecule has 5 heteroatoms. The molecule has 3 heterocycles. The van der Waals surface area contributed by atoms with Gasteiger partial charge < -0.3 is 4.98 Å². The molecule has 0 bridgehead atoms. The van der Waals surface area contributed by atoms with Crippen molar-refractivity contribution >= 4 is 49.5 Å². The van der Waals surface area contributed by atoms with Crippen LogP contribution in [0.3, 0.4) is 0 Å². The molecule has 3 rings (SSSR count). The largest absolute Gasteiger partial charge is 0.338 e. The Morgan fingerprint density at radius 3 is 2.87 bits per heavy atom. The van der Waals surface area contributed by atoms with E-state index < -0.39 is 0 Å². The molecule has 74 valence electrons. The zero-order valence-corrected chi connectivity index (χ0v) is 9.80. The van der Waals surface area contributed by atoms with E-state index in [-0.39, 0.29) is 0 Å². The quantitative estimate of drug-likeness (QED) is 0.641. The van der Waals surface area contributed by atoms with Gasteiger partial charge in [0.15, 0.2) is 0 Å². The van der Waals surface area contributed by atoms with Gasteiger partial charge in [-0.2, -0.15) is 0 Å². The molecule has 3 aromatic heterocycles. The maximum Gasteiger partial charge on any atom is 0.138 e. The van der Waals surface area contributed by atoms with Crippen LogP contribution in [0.25, 0.3) is 21.9 Å². The van der Waals surface area contributed by atoms with E-state index in [1.54, 1.807) is 12.4 Å². The Morgan fingerprint density at radius 2 is 2.00 bits per heavy atom. The standard InChI is InChI=1S/C10H5BrClN3/c11-5-1-7-6-2-9(12)13-4-8(6)15-10(7)14-3-5/h1-4H,(H,14,15). The number of fused-ring (bicyclic) bond motifs is 3. The third-order valence-electron chi connectivity index (χ3n) is 2.27. The van der Waals surface area contributed by atoms with Crippen LogP contribution in [-0.4, -0.2) is 15.0 Å². The van der Waals surface area contributed by atoms with Gasteiger partial charge in [0.05, 0.1) is 11.7 Å². The van der Waals surface area contributed by atoms with Gasteiger partial charge in [-0.05, 0) is 28.1 Å². The number of aromatic nitrogens is 3. The first kappa shape index (κ1) is 9.12. The predicted molar refractivity (Wildman–Crippen MR) is 64.1 cm³/mol. The van der Waals surface area contributed by atoms with Crippen LogP contribution in [0, 0.1) is 0 Å². The first-order chi connectivity index (χ1) is 7.24. The SMILES string of the molecule is Clc1cc2c(cn1)[nH]c1ncc(Br)cc12. The van der Waals surface area contributed by atoms with Crippen LogP contribution in [0.2, 0.25) is 5.15 Å². The summed E-state index contributed by atoms with van der Waals surface area (Å²) in [5.41, 5.74) is 1.79. The zero-order chi connectivity index (χ0) is 10.4. The fourth-order valence-electron chi connectivity index (χ4n) is 1.62. The number of rotatable bonds is 0. The number of halogens is 2. The molecule has 0 aliphatic rings. The molecule has 0 aliphatic carbocycles. The Kier molecular flexibility index (Phi) is 1.94. The van der Waals surface area contributed by atoms with Crippen molar-refractivity contribution in [3.63, 3.8) is 0 Å². The number of pyridine rings is 2. The lowest BCUT2D eigenvalue weighted by Crippen LogP contribution is -1.74. The van der Waals surface area contributed by atoms with E-state index in [2.05, 4.69) is 30.9 Å². The minimum atomic E-state index is 0.489. The van der Waals surface area contributed by atoms with Crippen molar-refractivity contribution in [1.82, 2.24) is 15.0 Å². The summed E-state index contributed by atoms with van der Waals surface area (Å²) in [6.07, 6.45) is 3.47. The Bertz CT molecular complexity index is 606. The molecule has 0 saturated carbocycles. The lowest BCUT2D eigenvalue weighted by molar-refractivity contribution is 1.31. The maximum atomic E-state index is 5.86. The molecular formula is C10H5BrClN3. The zero-order valence-electron chi connectivity index (χ0n) is 7.46. The average Bonchev–Trinajstić information content (AvgIpc) is 2.56. The Morgan fingerprint density at radius 1 is 1.13 bits per heavy atom. The molecule has 0 amide bonds. The first-order valence-electron chi connectivity index (χ1n) is 4.32. The number of hydrogen-bond donors (Lipinski definition) is 1. The molecule has 0 fully saturated rings. The minimum absolute atomic E-state index is 0.489. The van der Waals surface area contributed by atoms with Gasteiger partial charge in [0.2, 0.25) is 0 Å². The van der Waals surface area contributed by atoms with E-state index >= 15 is 0 Å². The molecule has 0 spiro atoms. The molecule has 15 heavy (non-hydrogen) atoms. The predicted octanol–water partition coefficient (Wildman–Crippen LogP) is 3.53. The van der Waals surface area contributed by atoms with E-state index in [1.165, 1.54) is 0 Å². The van der Waals surface area contributed by atoms with Crippen molar-refractivity contribution < 1.29 is 0 Å². The normalized spacial score (nSPS) is 11.3. The molecule has 1 N–H and O–H groups in total. The smallest absolute Gasteiger partial charge is 0.138 e. The highest BCUT2D eigenvalue weighted by molar-refractivity contribution is 9.10. The highest BCUT2D eigenvalue weighted by Crippen LogP contribution is 2.27. The van der Waals surface area contributed by atoms with Crippen molar-refractivity contribution in [3.8, 4) is 0 Å². The monoisotopic (exact) mass is 281 g/mol. The van der Waals surface area contributed by atoms with Gasteiger partial charge in [0.1, 0.15) is 10.8 Å². The second-order valence-corrected chi connectivity index (χ2v) is 4.53. The van der Waals surface area contributed by atoms with E-state index in [9.17, 15) is 0 Å². The second-order valence-electron chi connectivity index (χ2n) is 3.23. The van der Waals surface area contributed by atoms with Crippen LogP contribution in [0.4, 0.5) is 0 Å². The molecule has 3 aromatic rings. The molecule has 0 aliphatic heterocycles. The second kappa shape index (κ2) is 3.18. The van der Waals surface area contributed by atoms with E-state index in [1.807, 2.05) is 12.1 Å². The molecule has 0 atom stereocenters. The fraction of sp³-hybridized carbons (Fsp3) is 0. The molecule has 0 saturated heterocycles. The first-order valence-corrected chi connectivity index (χ1v) is 5.49. The van der Waals surface area contributed by atoms with Gasteiger partial charge in [-0.25, -0.2) is 9.97 Å². The van der Waals surface area contributed by atoms with Crippen molar-refractivity contribution in [1.29, 1.82) is 0 Å². The van der Waals surface area contributed by atoms with Crippen LogP contribution >= 0.6 is 27.5 Å². The van der Waals surface area contributed by atoms with Crippen LogP contribution in [0.5, 0.6) is 0 Å². The van der Waals surface area contributed by atoms with E-state index in [0.717, 1.165) is 26.4 Å². The summed E-state index contributed by atoms with van der Waals surface area (Å²) in [6.45, 7) is 0. The number of aromatic amines is 1. The summed E-state index contributed by atoms with van der Waals surface area (Å²) in [7, 11) is 0. The van der Waals surface area contributed by atoms with Gasteiger partial charge in [-0.3, -0.25) is 0 Å². The fourth-order valence-corrected chi connectivity index (χ4v) is 2.11. The Hall–Kier alpha value is -1.13. The minimum Gasteiger partial charge on any atom is -0.338 e. The van der Waals surface area contributed by atoms with Gasteiger partial charge in [0.25, 0.3) is 0 Å². The van der Waals surface area contributed by atoms with Gasteiger partial charge in [-0.1, -0.05) is 11.6 Å². The highest BCUT2D eigenvalue weighted by Gasteiger charge is 2.06. The summed E-state index contributed by atoms with van der Waals surface area (Å²) >= 11 is 9.25. The van der Waals surface area contributed by atoms with Crippen LogP contribution < -0.4 is 0 Å². The van der Waals surface area contributed by atoms with E-state index in [4.69, 9.17) is 11.6 Å². The summed E-state index contributed by atoms with van der Waals surface area (Å²) in [4.78, 5) is 11.5.